The molecule has 0 aromatic heterocycles. The van der Waals surface area contributed by atoms with Crippen molar-refractivity contribution in [3.05, 3.63) is 0 Å². The number of hydrogen-bond donors (Lipinski definition) is 0. The molecule has 0 aromatic rings. The Labute approximate surface area is 79.7 Å². The van der Waals surface area contributed by atoms with Gasteiger partial charge in [-0.15, -0.1) is 3.89 Å². The second-order valence-electron chi connectivity index (χ2n) is 3.82. The summed E-state index contributed by atoms with van der Waals surface area (Å²) in [6.45, 7) is 1.94. The summed E-state index contributed by atoms with van der Waals surface area (Å²) in [6.07, 6.45) is 5.09. The highest BCUT2D eigenvalue weighted by Crippen LogP contribution is 2.31. The highest BCUT2D eigenvalue weighted by Gasteiger charge is 2.32. The number of halogens is 1. The molecule has 0 saturated heterocycles. The van der Waals surface area contributed by atoms with Gasteiger partial charge in [0.2, 0.25) is 0 Å². The van der Waals surface area contributed by atoms with E-state index in [-0.39, 0.29) is 5.92 Å². The van der Waals surface area contributed by atoms with E-state index in [1.165, 1.54) is 0 Å². The van der Waals surface area contributed by atoms with Gasteiger partial charge in [0.05, 0.1) is 5.25 Å². The van der Waals surface area contributed by atoms with Gasteiger partial charge in [-0.3, -0.25) is 0 Å². The van der Waals surface area contributed by atoms with Crippen LogP contribution in [-0.4, -0.2) is 13.7 Å². The predicted molar refractivity (Wildman–Crippen MR) is 50.7 cm³/mol. The summed E-state index contributed by atoms with van der Waals surface area (Å²) in [5.41, 5.74) is 0. The van der Waals surface area contributed by atoms with E-state index in [2.05, 4.69) is 0 Å². The van der Waals surface area contributed by atoms with E-state index in [0.29, 0.717) is 6.42 Å². The van der Waals surface area contributed by atoms with Crippen molar-refractivity contribution in [2.45, 2.75) is 50.7 Å². The Kier molecular flexibility index (Phi) is 3.71. The van der Waals surface area contributed by atoms with E-state index in [1.54, 1.807) is 0 Å². The van der Waals surface area contributed by atoms with Crippen molar-refractivity contribution in [2.75, 3.05) is 0 Å². The van der Waals surface area contributed by atoms with Gasteiger partial charge in [0.25, 0.3) is 0 Å². The van der Waals surface area contributed by atoms with E-state index < -0.39 is 15.5 Å². The van der Waals surface area contributed by atoms with Gasteiger partial charge >= 0.3 is 10.2 Å². The van der Waals surface area contributed by atoms with E-state index >= 15 is 0 Å². The molecule has 0 aliphatic heterocycles. The average molecular weight is 208 g/mol. The zero-order valence-electron chi connectivity index (χ0n) is 8.00. The lowest BCUT2D eigenvalue weighted by Gasteiger charge is -2.19. The van der Waals surface area contributed by atoms with Crippen LogP contribution in [0.15, 0.2) is 0 Å². The van der Waals surface area contributed by atoms with Crippen LogP contribution in [0.25, 0.3) is 0 Å². The van der Waals surface area contributed by atoms with Gasteiger partial charge in [-0.05, 0) is 18.8 Å². The third kappa shape index (κ3) is 2.93. The van der Waals surface area contributed by atoms with Crippen LogP contribution in [-0.2, 0) is 10.2 Å². The molecule has 0 spiro atoms. The molecular formula is C9H17FO2S. The normalized spacial score (nSPS) is 31.2. The molecule has 2 atom stereocenters. The topological polar surface area (TPSA) is 34.1 Å². The predicted octanol–water partition coefficient (Wildman–Crippen LogP) is 2.64. The first-order valence-corrected chi connectivity index (χ1v) is 6.44. The molecule has 2 unspecified atom stereocenters. The van der Waals surface area contributed by atoms with Gasteiger partial charge in [-0.2, -0.15) is 8.42 Å². The molecule has 0 N–H and O–H groups in total. The fourth-order valence-electron chi connectivity index (χ4n) is 2.19. The zero-order chi connectivity index (χ0) is 9.90. The fraction of sp³-hybridized carbons (Fsp3) is 1.00. The van der Waals surface area contributed by atoms with Gasteiger partial charge in [-0.1, -0.05) is 32.6 Å². The summed E-state index contributed by atoms with van der Waals surface area (Å²) in [5.74, 6) is 0.0394. The first-order chi connectivity index (χ1) is 6.05. The van der Waals surface area contributed by atoms with Gasteiger partial charge in [0.15, 0.2) is 0 Å². The molecule has 1 rings (SSSR count). The van der Waals surface area contributed by atoms with Crippen LogP contribution in [0.1, 0.15) is 45.4 Å². The van der Waals surface area contributed by atoms with Crippen molar-refractivity contribution in [1.82, 2.24) is 0 Å². The summed E-state index contributed by atoms with van der Waals surface area (Å²) >= 11 is 0. The van der Waals surface area contributed by atoms with Gasteiger partial charge in [0, 0.05) is 0 Å². The summed E-state index contributed by atoms with van der Waals surface area (Å²) in [4.78, 5) is 0. The smallest absolute Gasteiger partial charge is 0.195 e. The molecule has 1 saturated carbocycles. The SMILES string of the molecule is CCC1CCCCCC1S(=O)(=O)F. The van der Waals surface area contributed by atoms with Crippen LogP contribution in [0.5, 0.6) is 0 Å². The van der Waals surface area contributed by atoms with Crippen LogP contribution >= 0.6 is 0 Å². The van der Waals surface area contributed by atoms with E-state index in [0.717, 1.165) is 32.1 Å². The summed E-state index contributed by atoms with van der Waals surface area (Å²) < 4.78 is 34.5. The quantitative estimate of drug-likeness (QED) is 0.516. The van der Waals surface area contributed by atoms with Gasteiger partial charge in [0.1, 0.15) is 0 Å². The van der Waals surface area contributed by atoms with Crippen LogP contribution in [0.3, 0.4) is 0 Å². The molecule has 1 fully saturated rings. The Morgan fingerprint density at radius 1 is 1.23 bits per heavy atom. The molecule has 1 aliphatic carbocycles. The first-order valence-electron chi connectivity index (χ1n) is 4.99. The Morgan fingerprint density at radius 2 is 1.85 bits per heavy atom. The molecule has 0 bridgehead atoms. The van der Waals surface area contributed by atoms with Crippen molar-refractivity contribution < 1.29 is 12.3 Å². The molecule has 0 amide bonds. The Hall–Kier alpha value is -0.120. The molecule has 0 heterocycles. The van der Waals surface area contributed by atoms with Crippen LogP contribution in [0.4, 0.5) is 3.89 Å². The third-order valence-corrected chi connectivity index (χ3v) is 4.32. The molecule has 1 aliphatic rings. The van der Waals surface area contributed by atoms with E-state index in [4.69, 9.17) is 0 Å². The Bertz CT molecular complexity index is 248. The van der Waals surface area contributed by atoms with E-state index in [1.807, 2.05) is 6.92 Å². The minimum absolute atomic E-state index is 0.0394. The second kappa shape index (κ2) is 4.40. The van der Waals surface area contributed by atoms with Gasteiger partial charge < -0.3 is 0 Å². The third-order valence-electron chi connectivity index (χ3n) is 2.98. The summed E-state index contributed by atoms with van der Waals surface area (Å²) in [5, 5.41) is -0.722. The lowest BCUT2D eigenvalue weighted by Crippen LogP contribution is -2.25. The zero-order valence-corrected chi connectivity index (χ0v) is 8.82. The molecule has 4 heteroatoms. The van der Waals surface area contributed by atoms with Crippen LogP contribution < -0.4 is 0 Å². The maximum Gasteiger partial charge on any atom is 0.305 e. The highest BCUT2D eigenvalue weighted by atomic mass is 32.3. The van der Waals surface area contributed by atoms with Crippen molar-refractivity contribution in [2.24, 2.45) is 5.92 Å². The highest BCUT2D eigenvalue weighted by molar-refractivity contribution is 7.87. The van der Waals surface area contributed by atoms with Crippen molar-refractivity contribution in [3.63, 3.8) is 0 Å². The minimum atomic E-state index is -4.31. The van der Waals surface area contributed by atoms with E-state index in [9.17, 15) is 12.3 Å². The second-order valence-corrected chi connectivity index (χ2v) is 5.38. The lowest BCUT2D eigenvalue weighted by molar-refractivity contribution is 0.421. The molecule has 13 heavy (non-hydrogen) atoms. The summed E-state index contributed by atoms with van der Waals surface area (Å²) in [6, 6.07) is 0. The standard InChI is InChI=1S/C9H17FO2S/c1-2-8-6-4-3-5-7-9(8)13(10,11)12/h8-9H,2-7H2,1H3. The monoisotopic (exact) mass is 208 g/mol. The van der Waals surface area contributed by atoms with Crippen LogP contribution in [0.2, 0.25) is 0 Å². The maximum atomic E-state index is 12.9. The van der Waals surface area contributed by atoms with Crippen molar-refractivity contribution in [1.29, 1.82) is 0 Å². The Morgan fingerprint density at radius 3 is 2.38 bits per heavy atom. The number of rotatable bonds is 2. The minimum Gasteiger partial charge on any atom is -0.195 e. The number of hydrogen-bond acceptors (Lipinski definition) is 2. The molecule has 0 radical (unpaired) electrons. The van der Waals surface area contributed by atoms with Crippen LogP contribution in [0, 0.1) is 5.92 Å². The molecule has 0 aromatic carbocycles. The summed E-state index contributed by atoms with van der Waals surface area (Å²) in [7, 11) is -4.31. The maximum absolute atomic E-state index is 12.9. The molecular weight excluding hydrogens is 191 g/mol. The van der Waals surface area contributed by atoms with Crippen molar-refractivity contribution >= 4 is 10.2 Å². The Balaban J connectivity index is 2.77. The fourth-order valence-corrected chi connectivity index (χ4v) is 3.42. The first kappa shape index (κ1) is 11.0. The molecule has 2 nitrogen and oxygen atoms in total. The van der Waals surface area contributed by atoms with Crippen molar-refractivity contribution in [3.8, 4) is 0 Å². The largest absolute Gasteiger partial charge is 0.305 e. The lowest BCUT2D eigenvalue weighted by atomic mass is 9.97. The average Bonchev–Trinajstić information content (AvgIpc) is 2.26. The van der Waals surface area contributed by atoms with Gasteiger partial charge in [-0.25, -0.2) is 0 Å². The molecule has 78 valence electrons.